The van der Waals surface area contributed by atoms with Gasteiger partial charge in [-0.2, -0.15) is 0 Å². The van der Waals surface area contributed by atoms with Crippen LogP contribution in [0.1, 0.15) is 13.8 Å². The second-order valence-electron chi connectivity index (χ2n) is 4.80. The van der Waals surface area contributed by atoms with Gasteiger partial charge < -0.3 is 10.2 Å². The van der Waals surface area contributed by atoms with Gasteiger partial charge in [0.15, 0.2) is 0 Å². The maximum Gasteiger partial charge on any atom is 0.150 e. The van der Waals surface area contributed by atoms with Crippen LogP contribution in [-0.2, 0) is 0 Å². The molecule has 1 unspecified atom stereocenters. The van der Waals surface area contributed by atoms with E-state index in [1.165, 1.54) is 0 Å². The Morgan fingerprint density at radius 3 is 2.68 bits per heavy atom. The van der Waals surface area contributed by atoms with E-state index >= 15 is 0 Å². The van der Waals surface area contributed by atoms with E-state index in [0.717, 1.165) is 32.0 Å². The summed E-state index contributed by atoms with van der Waals surface area (Å²) < 4.78 is 0. The summed E-state index contributed by atoms with van der Waals surface area (Å²) in [4.78, 5) is 9.22. The lowest BCUT2D eigenvalue weighted by Crippen LogP contribution is -2.52. The van der Waals surface area contributed by atoms with Gasteiger partial charge in [-0.25, -0.2) is 4.98 Å². The van der Waals surface area contributed by atoms with Crippen LogP contribution in [-0.4, -0.2) is 49.2 Å². The monoisotopic (exact) mass is 302 g/mol. The predicted molar refractivity (Wildman–Crippen MR) is 82.7 cm³/mol. The number of rotatable bonds is 3. The Hall–Kier alpha value is -0.710. The van der Waals surface area contributed by atoms with E-state index in [0.29, 0.717) is 21.9 Å². The van der Waals surface area contributed by atoms with E-state index in [4.69, 9.17) is 23.2 Å². The largest absolute Gasteiger partial charge is 0.372 e. The summed E-state index contributed by atoms with van der Waals surface area (Å²) in [6.07, 6.45) is 0. The van der Waals surface area contributed by atoms with Gasteiger partial charge in [0.05, 0.1) is 10.0 Å². The zero-order valence-corrected chi connectivity index (χ0v) is 13.1. The quantitative estimate of drug-likeness (QED) is 0.930. The molecule has 6 heteroatoms. The zero-order valence-electron chi connectivity index (χ0n) is 11.6. The number of nitrogens with one attached hydrogen (secondary N) is 1. The first kappa shape index (κ1) is 14.7. The Kier molecular flexibility index (Phi) is 4.76. The molecule has 1 N–H and O–H groups in total. The van der Waals surface area contributed by atoms with Crippen molar-refractivity contribution in [2.75, 3.05) is 43.4 Å². The van der Waals surface area contributed by atoms with Gasteiger partial charge in [-0.3, -0.25) is 4.90 Å². The fourth-order valence-corrected chi connectivity index (χ4v) is 3.08. The van der Waals surface area contributed by atoms with E-state index in [1.54, 1.807) is 6.07 Å². The van der Waals surface area contributed by atoms with Crippen LogP contribution >= 0.6 is 23.2 Å². The van der Waals surface area contributed by atoms with E-state index < -0.39 is 0 Å². The molecule has 1 aromatic heterocycles. The number of hydrogen-bond donors (Lipinski definition) is 1. The molecule has 1 fully saturated rings. The highest BCUT2D eigenvalue weighted by Crippen LogP contribution is 2.32. The highest BCUT2D eigenvalue weighted by atomic mass is 35.5. The van der Waals surface area contributed by atoms with Gasteiger partial charge in [0.1, 0.15) is 11.6 Å². The number of halogens is 2. The van der Waals surface area contributed by atoms with Crippen LogP contribution in [0.15, 0.2) is 6.07 Å². The summed E-state index contributed by atoms with van der Waals surface area (Å²) in [5, 5.41) is 4.16. The van der Waals surface area contributed by atoms with Crippen LogP contribution < -0.4 is 10.2 Å². The van der Waals surface area contributed by atoms with Crippen LogP contribution in [0.2, 0.25) is 10.0 Å². The molecule has 2 rings (SSSR count). The minimum atomic E-state index is 0.505. The third kappa shape index (κ3) is 3.07. The molecule has 1 aromatic rings. The summed E-state index contributed by atoms with van der Waals surface area (Å²) in [6.45, 7) is 8.42. The summed E-state index contributed by atoms with van der Waals surface area (Å²) in [5.74, 6) is 1.49. The van der Waals surface area contributed by atoms with Crippen molar-refractivity contribution < 1.29 is 0 Å². The SMILES string of the molecule is CCN1CCN(c2nc(NC)c(Cl)cc2Cl)CC1C. The van der Waals surface area contributed by atoms with Crippen molar-refractivity contribution in [3.05, 3.63) is 16.1 Å². The predicted octanol–water partition coefficient (Wildman–Crippen LogP) is 2.96. The fourth-order valence-electron chi connectivity index (χ4n) is 2.51. The smallest absolute Gasteiger partial charge is 0.150 e. The van der Waals surface area contributed by atoms with E-state index in [1.807, 2.05) is 7.05 Å². The minimum absolute atomic E-state index is 0.505. The lowest BCUT2D eigenvalue weighted by Gasteiger charge is -2.40. The molecular weight excluding hydrogens is 283 g/mol. The van der Waals surface area contributed by atoms with Gasteiger partial charge in [-0.15, -0.1) is 0 Å². The Morgan fingerprint density at radius 2 is 2.11 bits per heavy atom. The minimum Gasteiger partial charge on any atom is -0.372 e. The van der Waals surface area contributed by atoms with Crippen LogP contribution in [0, 0.1) is 0 Å². The van der Waals surface area contributed by atoms with Crippen molar-refractivity contribution in [1.29, 1.82) is 0 Å². The number of likely N-dealkylation sites (N-methyl/N-ethyl adjacent to an activating group) is 1. The number of hydrogen-bond acceptors (Lipinski definition) is 4. The van der Waals surface area contributed by atoms with Gasteiger partial charge in [0, 0.05) is 32.7 Å². The first-order valence-corrected chi connectivity index (χ1v) is 7.35. The van der Waals surface area contributed by atoms with E-state index in [-0.39, 0.29) is 0 Å². The average molecular weight is 303 g/mol. The third-order valence-electron chi connectivity index (χ3n) is 3.62. The summed E-state index contributed by atoms with van der Waals surface area (Å²) in [7, 11) is 1.81. The van der Waals surface area contributed by atoms with Crippen molar-refractivity contribution in [2.24, 2.45) is 0 Å². The summed E-state index contributed by atoms with van der Waals surface area (Å²) in [5.41, 5.74) is 0. The van der Waals surface area contributed by atoms with Crippen LogP contribution in [0.3, 0.4) is 0 Å². The maximum absolute atomic E-state index is 6.28. The first-order valence-electron chi connectivity index (χ1n) is 6.59. The third-order valence-corrected chi connectivity index (χ3v) is 4.18. The Balaban J connectivity index is 2.23. The van der Waals surface area contributed by atoms with Gasteiger partial charge in [0.25, 0.3) is 0 Å². The summed E-state index contributed by atoms with van der Waals surface area (Å²) in [6, 6.07) is 2.26. The molecule has 0 aromatic carbocycles. The van der Waals surface area contributed by atoms with Gasteiger partial charge >= 0.3 is 0 Å². The van der Waals surface area contributed by atoms with Crippen molar-refractivity contribution in [1.82, 2.24) is 9.88 Å². The highest BCUT2D eigenvalue weighted by Gasteiger charge is 2.25. The van der Waals surface area contributed by atoms with E-state index in [9.17, 15) is 0 Å². The molecule has 2 heterocycles. The second kappa shape index (κ2) is 6.16. The summed E-state index contributed by atoms with van der Waals surface area (Å²) >= 11 is 12.4. The van der Waals surface area contributed by atoms with Gasteiger partial charge in [-0.1, -0.05) is 30.1 Å². The lowest BCUT2D eigenvalue weighted by atomic mass is 10.2. The fraction of sp³-hybridized carbons (Fsp3) is 0.615. The topological polar surface area (TPSA) is 31.4 Å². The molecule has 0 bridgehead atoms. The molecule has 0 aliphatic carbocycles. The number of aromatic nitrogens is 1. The molecule has 106 valence electrons. The van der Waals surface area contributed by atoms with Crippen molar-refractivity contribution in [2.45, 2.75) is 19.9 Å². The van der Waals surface area contributed by atoms with Crippen LogP contribution in [0.25, 0.3) is 0 Å². The lowest BCUT2D eigenvalue weighted by molar-refractivity contribution is 0.199. The Morgan fingerprint density at radius 1 is 1.37 bits per heavy atom. The molecule has 4 nitrogen and oxygen atoms in total. The van der Waals surface area contributed by atoms with E-state index in [2.05, 4.69) is 33.9 Å². The van der Waals surface area contributed by atoms with Gasteiger partial charge in [0.2, 0.25) is 0 Å². The molecule has 1 saturated heterocycles. The second-order valence-corrected chi connectivity index (χ2v) is 5.61. The standard InChI is InChI=1S/C13H20Cl2N4/c1-4-18-5-6-19(8-9(18)2)13-11(15)7-10(14)12(16-3)17-13/h7,9H,4-6,8H2,1-3H3,(H,16,17). The normalized spacial score (nSPS) is 20.7. The average Bonchev–Trinajstić information content (AvgIpc) is 2.39. The number of anilines is 2. The molecule has 1 atom stereocenters. The molecular formula is C13H20Cl2N4. The van der Waals surface area contributed by atoms with Crippen molar-refractivity contribution in [3.63, 3.8) is 0 Å². The number of nitrogens with zero attached hydrogens (tertiary/aromatic N) is 3. The highest BCUT2D eigenvalue weighted by molar-refractivity contribution is 6.37. The number of piperazine rings is 1. The molecule has 0 amide bonds. The van der Waals surface area contributed by atoms with Crippen molar-refractivity contribution >= 4 is 34.8 Å². The molecule has 0 spiro atoms. The first-order chi connectivity index (χ1) is 9.06. The van der Waals surface area contributed by atoms with Crippen LogP contribution in [0.5, 0.6) is 0 Å². The van der Waals surface area contributed by atoms with Crippen LogP contribution in [0.4, 0.5) is 11.6 Å². The molecule has 1 aliphatic rings. The molecule has 0 radical (unpaired) electrons. The van der Waals surface area contributed by atoms with Gasteiger partial charge in [-0.05, 0) is 19.5 Å². The maximum atomic E-state index is 6.28. The van der Waals surface area contributed by atoms with Crippen molar-refractivity contribution in [3.8, 4) is 0 Å². The molecule has 19 heavy (non-hydrogen) atoms. The Labute approximate surface area is 124 Å². The molecule has 1 aliphatic heterocycles. The zero-order chi connectivity index (χ0) is 14.0. The number of pyridine rings is 1. The Bertz CT molecular complexity index is 453. The molecule has 0 saturated carbocycles.